The summed E-state index contributed by atoms with van der Waals surface area (Å²) in [6.07, 6.45) is -2.48. The van der Waals surface area contributed by atoms with Crippen LogP contribution >= 0.6 is 34.2 Å². The van der Waals surface area contributed by atoms with Crippen molar-refractivity contribution in [3.63, 3.8) is 0 Å². The van der Waals surface area contributed by atoms with Crippen LogP contribution in [0.5, 0.6) is 0 Å². The second-order valence-corrected chi connectivity index (χ2v) is 3.91. The van der Waals surface area contributed by atoms with Crippen LogP contribution in [0, 0.1) is 10.6 Å². The molecule has 0 aromatic carbocycles. The molecule has 1 aromatic heterocycles. The number of rotatable bonds is 2. The number of alkyl halides is 3. The lowest BCUT2D eigenvalue weighted by atomic mass is 10.1. The minimum atomic E-state index is -2.48. The predicted molar refractivity (Wildman–Crippen MR) is 56.2 cm³/mol. The largest absolute Gasteiger partial charge is 0.264 e. The van der Waals surface area contributed by atoms with Crippen molar-refractivity contribution in [2.24, 2.45) is 0 Å². The molecule has 1 rings (SSSR count). The summed E-state index contributed by atoms with van der Waals surface area (Å²) >= 11 is 7.47. The van der Waals surface area contributed by atoms with Crippen LogP contribution in [0.25, 0.3) is 0 Å². The van der Waals surface area contributed by atoms with Gasteiger partial charge in [-0.05, 0) is 41.1 Å². The van der Waals surface area contributed by atoms with Gasteiger partial charge in [0, 0.05) is 17.1 Å². The van der Waals surface area contributed by atoms with Gasteiger partial charge in [-0.15, -0.1) is 11.6 Å². The summed E-state index contributed by atoms with van der Waals surface area (Å²) in [5.74, 6) is 0.0788. The molecule has 0 saturated heterocycles. The molecule has 1 nitrogen and oxygen atoms in total. The van der Waals surface area contributed by atoms with Gasteiger partial charge in [0.05, 0.1) is 0 Å². The topological polar surface area (TPSA) is 12.9 Å². The lowest BCUT2D eigenvalue weighted by molar-refractivity contribution is 0.150. The van der Waals surface area contributed by atoms with Gasteiger partial charge in [-0.1, -0.05) is 0 Å². The lowest BCUT2D eigenvalue weighted by Gasteiger charge is -2.09. The number of halogens is 4. The van der Waals surface area contributed by atoms with Gasteiger partial charge in [-0.3, -0.25) is 0 Å². The highest BCUT2D eigenvalue weighted by molar-refractivity contribution is 14.1. The Morgan fingerprint density at radius 3 is 2.69 bits per heavy atom. The van der Waals surface area contributed by atoms with E-state index in [2.05, 4.69) is 4.98 Å². The van der Waals surface area contributed by atoms with Crippen molar-refractivity contribution >= 4 is 34.2 Å². The zero-order valence-corrected chi connectivity index (χ0v) is 9.73. The first kappa shape index (κ1) is 11.1. The standard InChI is InChI=1S/C8H7ClF2IN/c1-4-6(3-9)5(8(10)11)2-7(12)13-4/h2,8H,3H2,1H3. The van der Waals surface area contributed by atoms with Gasteiger partial charge in [0.1, 0.15) is 3.70 Å². The first-order chi connectivity index (χ1) is 6.06. The molecule has 0 N–H and O–H groups in total. The highest BCUT2D eigenvalue weighted by atomic mass is 127. The summed E-state index contributed by atoms with van der Waals surface area (Å²) in [6.45, 7) is 1.69. The summed E-state index contributed by atoms with van der Waals surface area (Å²) in [7, 11) is 0. The molecule has 1 aromatic rings. The molecule has 0 bridgehead atoms. The van der Waals surface area contributed by atoms with Gasteiger partial charge in [-0.25, -0.2) is 13.8 Å². The molecular weight excluding hydrogens is 310 g/mol. The zero-order valence-electron chi connectivity index (χ0n) is 6.82. The minimum absolute atomic E-state index is 0.00750. The molecule has 0 atom stereocenters. The second kappa shape index (κ2) is 4.50. The normalized spacial score (nSPS) is 10.9. The third-order valence-corrected chi connectivity index (χ3v) is 2.52. The van der Waals surface area contributed by atoms with E-state index < -0.39 is 6.43 Å². The van der Waals surface area contributed by atoms with Crippen LogP contribution in [-0.4, -0.2) is 4.98 Å². The van der Waals surface area contributed by atoms with E-state index in [0.717, 1.165) is 0 Å². The smallest absolute Gasteiger partial charge is 0.247 e. The maximum atomic E-state index is 12.5. The number of aryl methyl sites for hydroxylation is 1. The Morgan fingerprint density at radius 1 is 1.62 bits per heavy atom. The van der Waals surface area contributed by atoms with E-state index in [1.54, 1.807) is 6.92 Å². The van der Waals surface area contributed by atoms with Crippen LogP contribution in [-0.2, 0) is 5.88 Å². The molecule has 0 fully saturated rings. The van der Waals surface area contributed by atoms with Crippen molar-refractivity contribution in [2.45, 2.75) is 19.2 Å². The van der Waals surface area contributed by atoms with E-state index in [9.17, 15) is 8.78 Å². The Balaban J connectivity index is 3.29. The van der Waals surface area contributed by atoms with Crippen LogP contribution < -0.4 is 0 Å². The molecule has 5 heteroatoms. The van der Waals surface area contributed by atoms with Crippen LogP contribution in [0.4, 0.5) is 8.78 Å². The molecule has 0 unspecified atom stereocenters. The van der Waals surface area contributed by atoms with E-state index in [-0.39, 0.29) is 11.4 Å². The van der Waals surface area contributed by atoms with Gasteiger partial charge < -0.3 is 0 Å². The maximum Gasteiger partial charge on any atom is 0.264 e. The summed E-state index contributed by atoms with van der Waals surface area (Å²) < 4.78 is 25.5. The summed E-state index contributed by atoms with van der Waals surface area (Å²) in [5.41, 5.74) is 1.01. The quantitative estimate of drug-likeness (QED) is 0.461. The van der Waals surface area contributed by atoms with Crippen LogP contribution in [0.15, 0.2) is 6.07 Å². The Hall–Kier alpha value is 0.0300. The highest BCUT2D eigenvalue weighted by Crippen LogP contribution is 2.27. The number of nitrogens with zero attached hydrogens (tertiary/aromatic N) is 1. The van der Waals surface area contributed by atoms with Gasteiger partial charge in [0.15, 0.2) is 0 Å². The van der Waals surface area contributed by atoms with Crippen molar-refractivity contribution in [2.75, 3.05) is 0 Å². The van der Waals surface area contributed by atoms with E-state index in [1.165, 1.54) is 6.07 Å². The molecule has 0 aliphatic carbocycles. The number of pyridine rings is 1. The zero-order chi connectivity index (χ0) is 10.0. The molecular formula is C8H7ClF2IN. The molecule has 0 radical (unpaired) electrons. The fraction of sp³-hybridized carbons (Fsp3) is 0.375. The van der Waals surface area contributed by atoms with E-state index in [0.29, 0.717) is 15.0 Å². The van der Waals surface area contributed by atoms with Gasteiger partial charge in [0.25, 0.3) is 6.43 Å². The van der Waals surface area contributed by atoms with Gasteiger partial charge in [-0.2, -0.15) is 0 Å². The van der Waals surface area contributed by atoms with E-state index >= 15 is 0 Å². The SMILES string of the molecule is Cc1nc(I)cc(C(F)F)c1CCl. The Bertz CT molecular complexity index is 317. The van der Waals surface area contributed by atoms with Crippen molar-refractivity contribution in [3.05, 3.63) is 26.6 Å². The molecule has 0 saturated carbocycles. The molecule has 0 amide bonds. The van der Waals surface area contributed by atoms with Gasteiger partial charge >= 0.3 is 0 Å². The van der Waals surface area contributed by atoms with E-state index in [1.807, 2.05) is 22.6 Å². The van der Waals surface area contributed by atoms with E-state index in [4.69, 9.17) is 11.6 Å². The molecule has 13 heavy (non-hydrogen) atoms. The van der Waals surface area contributed by atoms with Gasteiger partial charge in [0.2, 0.25) is 0 Å². The average molecular weight is 318 g/mol. The Kier molecular flexibility index (Phi) is 3.85. The Morgan fingerprint density at radius 2 is 2.23 bits per heavy atom. The highest BCUT2D eigenvalue weighted by Gasteiger charge is 2.15. The minimum Gasteiger partial charge on any atom is -0.247 e. The summed E-state index contributed by atoms with van der Waals surface area (Å²) in [4.78, 5) is 4.06. The molecule has 72 valence electrons. The third-order valence-electron chi connectivity index (χ3n) is 1.70. The van der Waals surface area contributed by atoms with Crippen molar-refractivity contribution in [3.8, 4) is 0 Å². The van der Waals surface area contributed by atoms with Crippen LogP contribution in [0.1, 0.15) is 23.2 Å². The monoisotopic (exact) mass is 317 g/mol. The second-order valence-electron chi connectivity index (χ2n) is 2.53. The number of hydrogen-bond donors (Lipinski definition) is 0. The van der Waals surface area contributed by atoms with Crippen molar-refractivity contribution in [1.29, 1.82) is 0 Å². The molecule has 0 aliphatic rings. The predicted octanol–water partition coefficient (Wildman–Crippen LogP) is 3.67. The average Bonchev–Trinajstić information content (AvgIpc) is 2.02. The third kappa shape index (κ3) is 2.49. The molecule has 0 aliphatic heterocycles. The molecule has 1 heterocycles. The lowest BCUT2D eigenvalue weighted by Crippen LogP contribution is -2.00. The fourth-order valence-corrected chi connectivity index (χ4v) is 2.10. The van der Waals surface area contributed by atoms with Crippen molar-refractivity contribution < 1.29 is 8.78 Å². The fourth-order valence-electron chi connectivity index (χ4n) is 1.05. The Labute approximate surface area is 93.6 Å². The first-order valence-electron chi connectivity index (χ1n) is 3.56. The maximum absolute atomic E-state index is 12.5. The van der Waals surface area contributed by atoms with Crippen molar-refractivity contribution in [1.82, 2.24) is 4.98 Å². The van der Waals surface area contributed by atoms with Crippen LogP contribution in [0.2, 0.25) is 0 Å². The summed E-state index contributed by atoms with van der Waals surface area (Å²) in [5, 5.41) is 0. The van der Waals surface area contributed by atoms with Crippen LogP contribution in [0.3, 0.4) is 0 Å². The first-order valence-corrected chi connectivity index (χ1v) is 5.17. The molecule has 0 spiro atoms. The number of hydrogen-bond acceptors (Lipinski definition) is 1. The number of aromatic nitrogens is 1. The summed E-state index contributed by atoms with van der Waals surface area (Å²) in [6, 6.07) is 1.37.